The van der Waals surface area contributed by atoms with E-state index in [4.69, 9.17) is 10.1 Å². The first-order valence-electron chi connectivity index (χ1n) is 16.2. The molecule has 0 saturated heterocycles. The summed E-state index contributed by atoms with van der Waals surface area (Å²) in [6.45, 7) is 19.4. The van der Waals surface area contributed by atoms with E-state index < -0.39 is 0 Å². The summed E-state index contributed by atoms with van der Waals surface area (Å²) in [5.41, 5.74) is 6.91. The molecule has 3 nitrogen and oxygen atoms in total. The minimum atomic E-state index is -0.125. The second-order valence-electron chi connectivity index (χ2n) is 15.3. The van der Waals surface area contributed by atoms with Crippen molar-refractivity contribution in [3.8, 4) is 11.3 Å². The number of aliphatic hydroxyl groups is 1. The number of rotatable bonds is 2. The summed E-state index contributed by atoms with van der Waals surface area (Å²) in [5, 5.41) is 16.0. The number of nitrogens with zero attached hydrogens (tertiary/aromatic N) is 1. The van der Waals surface area contributed by atoms with Crippen molar-refractivity contribution < 1.29 is 30.0 Å². The zero-order chi connectivity index (χ0) is 33.2. The Labute approximate surface area is 296 Å². The van der Waals surface area contributed by atoms with Crippen molar-refractivity contribution in [2.45, 2.75) is 91.4 Å². The molecule has 5 heteroatoms. The number of aromatic nitrogens is 1. The van der Waals surface area contributed by atoms with Gasteiger partial charge >= 0.3 is 0 Å². The van der Waals surface area contributed by atoms with Crippen molar-refractivity contribution >= 4 is 58.8 Å². The molecule has 0 saturated carbocycles. The van der Waals surface area contributed by atoms with Gasteiger partial charge in [0, 0.05) is 58.2 Å². The van der Waals surface area contributed by atoms with E-state index in [1.807, 2.05) is 17.5 Å². The fourth-order valence-electron chi connectivity index (χ4n) is 6.99. The molecule has 1 N–H and O–H groups in total. The van der Waals surface area contributed by atoms with E-state index in [9.17, 15) is 4.79 Å². The van der Waals surface area contributed by atoms with Gasteiger partial charge in [0.2, 0.25) is 0 Å². The van der Waals surface area contributed by atoms with E-state index in [1.165, 1.54) is 85.8 Å². The zero-order valence-electron chi connectivity index (χ0n) is 28.9. The van der Waals surface area contributed by atoms with Gasteiger partial charge in [0.1, 0.15) is 0 Å². The fraction of sp³-hybridized carbons (Fsp3) is 0.333. The van der Waals surface area contributed by atoms with Gasteiger partial charge in [-0.25, -0.2) is 0 Å². The first-order valence-corrected chi connectivity index (χ1v) is 17.0. The standard InChI is InChI=1S/C37H36NS.C5H8O2.Ir/c1-35(2,3)29-17-24(16-22-10-8-9-11-25(22)29)34-26-19-27-28-20-30-31(37(6,7)14-13-36(30,4)5)21-33(28)39-32(27)18-23(26)12-15-38-34;1-4(6)3-5(2)7;/h8-12,15,17-21H,13-14H2,1-7H3;3,6H,1-2H3;/q-1;;/b;4-3-;. The van der Waals surface area contributed by atoms with Gasteiger partial charge in [0.05, 0.1) is 5.76 Å². The molecule has 2 aromatic heterocycles. The van der Waals surface area contributed by atoms with Crippen LogP contribution in [0.2, 0.25) is 0 Å². The largest absolute Gasteiger partial charge is 0.512 e. The van der Waals surface area contributed by atoms with Gasteiger partial charge in [-0.05, 0) is 89.1 Å². The Balaban J connectivity index is 0.000000491. The van der Waals surface area contributed by atoms with Crippen LogP contribution in [0.1, 0.15) is 91.8 Å². The minimum Gasteiger partial charge on any atom is -0.512 e. The van der Waals surface area contributed by atoms with Crippen LogP contribution in [-0.4, -0.2) is 15.9 Å². The first kappa shape index (κ1) is 34.9. The number of fused-ring (bicyclic) bond motifs is 6. The Bertz CT molecular complexity index is 2190. The van der Waals surface area contributed by atoms with Crippen LogP contribution in [0.15, 0.2) is 78.7 Å². The van der Waals surface area contributed by atoms with Gasteiger partial charge in [-0.3, -0.25) is 9.78 Å². The number of thiophene rings is 1. The molecule has 0 spiro atoms. The Morgan fingerprint density at radius 3 is 2.09 bits per heavy atom. The van der Waals surface area contributed by atoms with Gasteiger partial charge in [-0.15, -0.1) is 40.5 Å². The molecule has 47 heavy (non-hydrogen) atoms. The SMILES string of the molecule is CC(=O)/C=C(/C)O.CC(C)(C)c1cc(-c2nccc3cc4sc5cc6c(cc5c4cc23)C(C)(C)CCC6(C)C)[c-]c2ccccc12.[Ir]. The van der Waals surface area contributed by atoms with Crippen molar-refractivity contribution in [3.05, 3.63) is 101 Å². The third kappa shape index (κ3) is 6.68. The molecule has 0 amide bonds. The van der Waals surface area contributed by atoms with Crippen molar-refractivity contribution in [1.29, 1.82) is 0 Å². The van der Waals surface area contributed by atoms with Crippen LogP contribution in [-0.2, 0) is 41.1 Å². The molecule has 1 radical (unpaired) electrons. The summed E-state index contributed by atoms with van der Waals surface area (Å²) >= 11 is 1.93. The molecule has 1 aliphatic rings. The van der Waals surface area contributed by atoms with E-state index in [-0.39, 0.29) is 47.9 Å². The monoisotopic (exact) mass is 819 g/mol. The second-order valence-corrected chi connectivity index (χ2v) is 16.4. The molecule has 1 aliphatic carbocycles. The van der Waals surface area contributed by atoms with E-state index in [1.54, 1.807) is 0 Å². The fourth-order valence-corrected chi connectivity index (χ4v) is 8.15. The second kappa shape index (κ2) is 12.6. The number of benzene rings is 4. The molecule has 2 heterocycles. The molecule has 245 valence electrons. The van der Waals surface area contributed by atoms with Crippen molar-refractivity contribution in [2.24, 2.45) is 0 Å². The van der Waals surface area contributed by atoms with Gasteiger partial charge < -0.3 is 5.11 Å². The quantitative estimate of drug-likeness (QED) is 0.108. The van der Waals surface area contributed by atoms with Crippen LogP contribution < -0.4 is 0 Å². The molecule has 0 bridgehead atoms. The number of hydrogen-bond donors (Lipinski definition) is 1. The van der Waals surface area contributed by atoms with Crippen LogP contribution in [0.5, 0.6) is 0 Å². The third-order valence-electron chi connectivity index (χ3n) is 9.58. The van der Waals surface area contributed by atoms with Crippen LogP contribution in [0, 0.1) is 6.07 Å². The van der Waals surface area contributed by atoms with Crippen molar-refractivity contribution in [2.75, 3.05) is 0 Å². The van der Waals surface area contributed by atoms with Crippen molar-refractivity contribution in [1.82, 2.24) is 4.98 Å². The normalized spacial score (nSPS) is 15.6. The molecule has 0 atom stereocenters. The average molecular weight is 819 g/mol. The topological polar surface area (TPSA) is 50.2 Å². The number of carbonyl (C=O) groups is 1. The average Bonchev–Trinajstić information content (AvgIpc) is 3.32. The van der Waals surface area contributed by atoms with Gasteiger partial charge in [-0.1, -0.05) is 83.7 Å². The summed E-state index contributed by atoms with van der Waals surface area (Å²) < 4.78 is 2.75. The maximum Gasteiger partial charge on any atom is 0.155 e. The maximum atomic E-state index is 10.0. The molecule has 7 rings (SSSR count). The van der Waals surface area contributed by atoms with Gasteiger partial charge in [0.15, 0.2) is 5.78 Å². The summed E-state index contributed by atoms with van der Waals surface area (Å²) in [5.74, 6) is -0.0625. The number of carbonyl (C=O) groups excluding carboxylic acids is 1. The van der Waals surface area contributed by atoms with Crippen molar-refractivity contribution in [3.63, 3.8) is 0 Å². The van der Waals surface area contributed by atoms with Crippen LogP contribution in [0.3, 0.4) is 0 Å². The predicted octanol–water partition coefficient (Wildman–Crippen LogP) is 11.9. The van der Waals surface area contributed by atoms with Crippen LogP contribution in [0.4, 0.5) is 0 Å². The summed E-state index contributed by atoms with van der Waals surface area (Å²) in [7, 11) is 0. The number of aliphatic hydroxyl groups excluding tert-OH is 1. The van der Waals surface area contributed by atoms with Gasteiger partial charge in [0.25, 0.3) is 0 Å². The Morgan fingerprint density at radius 1 is 0.851 bits per heavy atom. The Hall–Kier alpha value is -3.37. The molecule has 0 aliphatic heterocycles. The van der Waals surface area contributed by atoms with E-state index in [2.05, 4.69) is 115 Å². The summed E-state index contributed by atoms with van der Waals surface area (Å²) in [4.78, 5) is 15.0. The third-order valence-corrected chi connectivity index (χ3v) is 10.7. The van der Waals surface area contributed by atoms with E-state index >= 15 is 0 Å². The molecule has 0 unspecified atom stereocenters. The zero-order valence-corrected chi connectivity index (χ0v) is 32.1. The van der Waals surface area contributed by atoms with Gasteiger partial charge in [-0.2, -0.15) is 0 Å². The predicted molar refractivity (Wildman–Crippen MR) is 197 cm³/mol. The van der Waals surface area contributed by atoms with Crippen LogP contribution in [0.25, 0.3) is 53.0 Å². The molecular formula is C42H44IrNO2S-. The molecule has 6 aromatic rings. The maximum absolute atomic E-state index is 10.0. The minimum absolute atomic E-state index is 0. The molecule has 4 aromatic carbocycles. The molecular weight excluding hydrogens is 775 g/mol. The smallest absolute Gasteiger partial charge is 0.155 e. The number of ketones is 1. The van der Waals surface area contributed by atoms with E-state index in [0.717, 1.165) is 16.6 Å². The number of hydrogen-bond acceptors (Lipinski definition) is 4. The first-order chi connectivity index (χ1) is 21.5. The Kier molecular flexibility index (Phi) is 9.36. The number of allylic oxidation sites excluding steroid dienone is 2. The summed E-state index contributed by atoms with van der Waals surface area (Å²) in [6, 6.07) is 26.6. The Morgan fingerprint density at radius 2 is 1.47 bits per heavy atom. The molecule has 0 fully saturated rings. The van der Waals surface area contributed by atoms with E-state index in [0.29, 0.717) is 0 Å². The summed E-state index contributed by atoms with van der Waals surface area (Å²) in [6.07, 6.45) is 5.59. The number of pyridine rings is 1. The van der Waals surface area contributed by atoms with Crippen LogP contribution >= 0.6 is 11.3 Å².